The summed E-state index contributed by atoms with van der Waals surface area (Å²) >= 11 is 0. The number of nitrogens with one attached hydrogen (secondary N) is 1. The van der Waals surface area contributed by atoms with Crippen molar-refractivity contribution in [1.29, 1.82) is 0 Å². The van der Waals surface area contributed by atoms with Gasteiger partial charge in [0.2, 0.25) is 5.56 Å². The third kappa shape index (κ3) is 3.91. The molecule has 1 fully saturated rings. The molecule has 2 rings (SSSR count). The van der Waals surface area contributed by atoms with Gasteiger partial charge in [0.1, 0.15) is 5.69 Å². The lowest BCUT2D eigenvalue weighted by atomic mass is 10.1. The van der Waals surface area contributed by atoms with E-state index in [-0.39, 0.29) is 17.6 Å². The van der Waals surface area contributed by atoms with Crippen molar-refractivity contribution < 1.29 is 9.53 Å². The van der Waals surface area contributed by atoms with E-state index in [1.54, 1.807) is 17.0 Å². The highest BCUT2D eigenvalue weighted by Crippen LogP contribution is 2.15. The number of piperidine rings is 1. The van der Waals surface area contributed by atoms with Crippen LogP contribution in [-0.2, 0) is 4.74 Å². The first-order valence-electron chi connectivity index (χ1n) is 7.01. The Morgan fingerprint density at radius 2 is 2.15 bits per heavy atom. The molecule has 0 spiro atoms. The van der Waals surface area contributed by atoms with Gasteiger partial charge in [0, 0.05) is 25.8 Å². The lowest BCUT2D eigenvalue weighted by Crippen LogP contribution is -2.41. The monoisotopic (exact) mass is 279 g/mol. The van der Waals surface area contributed by atoms with E-state index in [9.17, 15) is 9.59 Å². The molecule has 20 heavy (non-hydrogen) atoms. The average molecular weight is 279 g/mol. The summed E-state index contributed by atoms with van der Waals surface area (Å²) in [7, 11) is 0. The first-order valence-corrected chi connectivity index (χ1v) is 7.01. The number of H-pyrrole nitrogens is 1. The number of carbonyl (C=O) groups excluding carboxylic acids is 1. The van der Waals surface area contributed by atoms with Gasteiger partial charge in [-0.15, -0.1) is 0 Å². The van der Waals surface area contributed by atoms with Gasteiger partial charge in [-0.3, -0.25) is 9.59 Å². The molecule has 1 saturated heterocycles. The highest BCUT2D eigenvalue weighted by molar-refractivity contribution is 5.92. The zero-order valence-corrected chi connectivity index (χ0v) is 11.5. The van der Waals surface area contributed by atoms with Crippen molar-refractivity contribution in [2.24, 2.45) is 5.73 Å². The minimum absolute atomic E-state index is 0.122. The topological polar surface area (TPSA) is 88.4 Å². The summed E-state index contributed by atoms with van der Waals surface area (Å²) in [4.78, 5) is 27.8. The van der Waals surface area contributed by atoms with Crippen LogP contribution in [0.25, 0.3) is 0 Å². The minimum atomic E-state index is -0.254. The first kappa shape index (κ1) is 14.7. The number of aromatic nitrogens is 1. The number of nitrogens with two attached hydrogens (primary N) is 1. The van der Waals surface area contributed by atoms with Crippen LogP contribution in [0.5, 0.6) is 0 Å². The molecule has 1 aliphatic rings. The van der Waals surface area contributed by atoms with Crippen LogP contribution < -0.4 is 11.3 Å². The molecule has 0 atom stereocenters. The number of rotatable bonds is 5. The Kier molecular flexibility index (Phi) is 5.31. The molecular formula is C14H21N3O3. The van der Waals surface area contributed by atoms with Crippen molar-refractivity contribution in [1.82, 2.24) is 9.88 Å². The fourth-order valence-corrected chi connectivity index (χ4v) is 2.30. The number of nitrogens with zero attached hydrogens (tertiary/aromatic N) is 1. The number of amides is 1. The Bertz CT molecular complexity index is 492. The second-order valence-electron chi connectivity index (χ2n) is 4.93. The molecule has 0 saturated carbocycles. The molecule has 2 heterocycles. The predicted octanol–water partition coefficient (Wildman–Crippen LogP) is 0.345. The smallest absolute Gasteiger partial charge is 0.270 e. The predicted molar refractivity (Wildman–Crippen MR) is 75.6 cm³/mol. The van der Waals surface area contributed by atoms with Crippen LogP contribution >= 0.6 is 0 Å². The second-order valence-corrected chi connectivity index (χ2v) is 4.93. The normalized spacial score (nSPS) is 16.4. The number of carbonyl (C=O) groups is 1. The van der Waals surface area contributed by atoms with Crippen molar-refractivity contribution in [3.8, 4) is 0 Å². The van der Waals surface area contributed by atoms with Gasteiger partial charge in [0.05, 0.1) is 6.10 Å². The van der Waals surface area contributed by atoms with E-state index >= 15 is 0 Å². The van der Waals surface area contributed by atoms with Crippen LogP contribution in [0.4, 0.5) is 0 Å². The van der Waals surface area contributed by atoms with Crippen LogP contribution in [0.3, 0.4) is 0 Å². The highest BCUT2D eigenvalue weighted by Gasteiger charge is 2.24. The maximum atomic E-state index is 12.2. The molecule has 6 nitrogen and oxygen atoms in total. The fourth-order valence-electron chi connectivity index (χ4n) is 2.30. The molecule has 0 unspecified atom stereocenters. The Balaban J connectivity index is 1.84. The maximum absolute atomic E-state index is 12.2. The summed E-state index contributed by atoms with van der Waals surface area (Å²) in [5.74, 6) is -0.122. The van der Waals surface area contributed by atoms with Gasteiger partial charge in [-0.25, -0.2) is 0 Å². The van der Waals surface area contributed by atoms with E-state index in [0.29, 0.717) is 31.9 Å². The number of pyridine rings is 1. The van der Waals surface area contributed by atoms with E-state index in [2.05, 4.69) is 4.98 Å². The number of ether oxygens (including phenoxy) is 1. The van der Waals surface area contributed by atoms with Crippen LogP contribution in [0.2, 0.25) is 0 Å². The lowest BCUT2D eigenvalue weighted by molar-refractivity contribution is 0.00828. The Hall–Kier alpha value is -1.66. The third-order valence-corrected chi connectivity index (χ3v) is 3.43. The van der Waals surface area contributed by atoms with Gasteiger partial charge in [-0.2, -0.15) is 0 Å². The van der Waals surface area contributed by atoms with E-state index < -0.39 is 0 Å². The van der Waals surface area contributed by atoms with Gasteiger partial charge in [-0.05, 0) is 31.9 Å². The van der Waals surface area contributed by atoms with E-state index in [4.69, 9.17) is 10.5 Å². The Labute approximate surface area is 117 Å². The molecular weight excluding hydrogens is 258 g/mol. The van der Waals surface area contributed by atoms with E-state index in [1.807, 2.05) is 0 Å². The maximum Gasteiger partial charge on any atom is 0.270 e. The molecule has 1 amide bonds. The summed E-state index contributed by atoms with van der Waals surface area (Å²) < 4.78 is 5.70. The third-order valence-electron chi connectivity index (χ3n) is 3.43. The van der Waals surface area contributed by atoms with Crippen LogP contribution in [0.1, 0.15) is 29.8 Å². The standard InChI is InChI=1S/C14H21N3O3/c15-7-2-10-20-11-5-8-17(9-6-11)14(19)12-3-1-4-13(18)16-12/h1,3-4,11H,2,5-10,15H2,(H,16,18). The number of hydrogen-bond donors (Lipinski definition) is 2. The quantitative estimate of drug-likeness (QED) is 0.761. The van der Waals surface area contributed by atoms with E-state index in [1.165, 1.54) is 6.07 Å². The molecule has 1 aromatic rings. The number of likely N-dealkylation sites (tertiary alicyclic amines) is 1. The van der Waals surface area contributed by atoms with Crippen molar-refractivity contribution in [3.63, 3.8) is 0 Å². The molecule has 0 bridgehead atoms. The lowest BCUT2D eigenvalue weighted by Gasteiger charge is -2.31. The van der Waals surface area contributed by atoms with Crippen molar-refractivity contribution in [3.05, 3.63) is 34.2 Å². The molecule has 1 aliphatic heterocycles. The highest BCUT2D eigenvalue weighted by atomic mass is 16.5. The molecule has 0 aliphatic carbocycles. The molecule has 0 aromatic carbocycles. The SMILES string of the molecule is NCCCOC1CCN(C(=O)c2cccc(=O)[nH]2)CC1. The first-order chi connectivity index (χ1) is 9.70. The summed E-state index contributed by atoms with van der Waals surface area (Å²) in [6, 6.07) is 4.62. The van der Waals surface area contributed by atoms with Crippen LogP contribution in [0, 0.1) is 0 Å². The molecule has 6 heteroatoms. The Morgan fingerprint density at radius 1 is 1.40 bits per heavy atom. The van der Waals surface area contributed by atoms with Crippen molar-refractivity contribution in [2.45, 2.75) is 25.4 Å². The van der Waals surface area contributed by atoms with Crippen molar-refractivity contribution in [2.75, 3.05) is 26.2 Å². The summed E-state index contributed by atoms with van der Waals surface area (Å²) in [5, 5.41) is 0. The minimum Gasteiger partial charge on any atom is -0.378 e. The fraction of sp³-hybridized carbons (Fsp3) is 0.571. The van der Waals surface area contributed by atoms with Gasteiger partial charge < -0.3 is 20.4 Å². The largest absolute Gasteiger partial charge is 0.378 e. The van der Waals surface area contributed by atoms with Crippen LogP contribution in [0.15, 0.2) is 23.0 Å². The van der Waals surface area contributed by atoms with Crippen molar-refractivity contribution >= 4 is 5.91 Å². The molecule has 1 aromatic heterocycles. The summed E-state index contributed by atoms with van der Waals surface area (Å²) in [5.41, 5.74) is 5.51. The Morgan fingerprint density at radius 3 is 2.80 bits per heavy atom. The van der Waals surface area contributed by atoms with E-state index in [0.717, 1.165) is 19.3 Å². The average Bonchev–Trinajstić information content (AvgIpc) is 2.47. The molecule has 110 valence electrons. The van der Waals surface area contributed by atoms with Crippen LogP contribution in [-0.4, -0.2) is 48.1 Å². The zero-order valence-electron chi connectivity index (χ0n) is 11.5. The number of hydrogen-bond acceptors (Lipinski definition) is 4. The second kappa shape index (κ2) is 7.21. The van der Waals surface area contributed by atoms with Gasteiger partial charge in [-0.1, -0.05) is 6.07 Å². The van der Waals surface area contributed by atoms with Gasteiger partial charge in [0.15, 0.2) is 0 Å². The molecule has 0 radical (unpaired) electrons. The molecule has 3 N–H and O–H groups in total. The zero-order chi connectivity index (χ0) is 14.4. The van der Waals surface area contributed by atoms with Gasteiger partial charge >= 0.3 is 0 Å². The number of aromatic amines is 1. The van der Waals surface area contributed by atoms with Gasteiger partial charge in [0.25, 0.3) is 5.91 Å². The summed E-state index contributed by atoms with van der Waals surface area (Å²) in [6.07, 6.45) is 2.73. The summed E-state index contributed by atoms with van der Waals surface area (Å²) in [6.45, 7) is 2.63.